The Labute approximate surface area is 141 Å². The van der Waals surface area contributed by atoms with Crippen molar-refractivity contribution in [1.29, 1.82) is 0 Å². The molecule has 9 heteroatoms. The monoisotopic (exact) mass is 355 g/mol. The van der Waals surface area contributed by atoms with Crippen LogP contribution in [0.3, 0.4) is 0 Å². The van der Waals surface area contributed by atoms with E-state index in [0.717, 1.165) is 4.31 Å². The zero-order chi connectivity index (χ0) is 18.1. The van der Waals surface area contributed by atoms with Crippen LogP contribution in [0.1, 0.15) is 25.8 Å². The number of hydrogen-bond donors (Lipinski definition) is 2. The lowest BCUT2D eigenvalue weighted by atomic mass is 10.1. The summed E-state index contributed by atoms with van der Waals surface area (Å²) in [5.74, 6) is -0.913. The number of nitrogens with zero attached hydrogens (tertiary/aromatic N) is 2. The molecule has 0 atom stereocenters. The van der Waals surface area contributed by atoms with Crippen molar-refractivity contribution in [3.05, 3.63) is 23.8 Å². The summed E-state index contributed by atoms with van der Waals surface area (Å²) in [5.41, 5.74) is 0.736. The fourth-order valence-corrected chi connectivity index (χ4v) is 3.48. The number of phenols is 1. The van der Waals surface area contributed by atoms with Crippen LogP contribution < -0.4 is 9.03 Å². The quantitative estimate of drug-likeness (QED) is 0.794. The molecule has 1 aromatic rings. The van der Waals surface area contributed by atoms with Gasteiger partial charge in [0, 0.05) is 19.5 Å². The highest BCUT2D eigenvalue weighted by atomic mass is 32.2. The molecule has 24 heavy (non-hydrogen) atoms. The second-order valence-electron chi connectivity index (χ2n) is 5.96. The van der Waals surface area contributed by atoms with Crippen molar-refractivity contribution in [3.63, 3.8) is 0 Å². The summed E-state index contributed by atoms with van der Waals surface area (Å²) in [5, 5.41) is 10.1. The lowest BCUT2D eigenvalue weighted by molar-refractivity contribution is -0.131. The summed E-state index contributed by atoms with van der Waals surface area (Å²) in [6.07, 6.45) is 0.711. The Morgan fingerprint density at radius 2 is 2.08 bits per heavy atom. The first kappa shape index (κ1) is 18.1. The molecular formula is C15H21N3O5S. The average Bonchev–Trinajstić information content (AvgIpc) is 2.76. The minimum atomic E-state index is -3.96. The Kier molecular flexibility index (Phi) is 5.02. The molecule has 0 bridgehead atoms. The van der Waals surface area contributed by atoms with E-state index in [2.05, 4.69) is 0 Å². The fraction of sp³-hybridized carbons (Fsp3) is 0.467. The Morgan fingerprint density at radius 1 is 1.42 bits per heavy atom. The fourth-order valence-electron chi connectivity index (χ4n) is 2.31. The molecule has 0 spiro atoms. The van der Waals surface area contributed by atoms with Crippen LogP contribution >= 0.6 is 0 Å². The van der Waals surface area contributed by atoms with Crippen molar-refractivity contribution < 1.29 is 23.1 Å². The van der Waals surface area contributed by atoms with E-state index in [1.165, 1.54) is 12.1 Å². The number of carbonyl (C=O) groups is 2. The van der Waals surface area contributed by atoms with Crippen LogP contribution in [0.25, 0.3) is 0 Å². The van der Waals surface area contributed by atoms with Gasteiger partial charge in [-0.05, 0) is 38.0 Å². The first-order valence-corrected chi connectivity index (χ1v) is 8.96. The van der Waals surface area contributed by atoms with Crippen LogP contribution in [0.4, 0.5) is 5.69 Å². The molecule has 0 unspecified atom stereocenters. The molecule has 0 radical (unpaired) electrons. The van der Waals surface area contributed by atoms with Crippen molar-refractivity contribution in [2.24, 2.45) is 0 Å². The van der Waals surface area contributed by atoms with E-state index in [-0.39, 0.29) is 36.4 Å². The number of phenolic OH excluding ortho intramolecular Hbond substituents is 1. The smallest absolute Gasteiger partial charge is 0.326 e. The Morgan fingerprint density at radius 3 is 2.58 bits per heavy atom. The summed E-state index contributed by atoms with van der Waals surface area (Å²) in [4.78, 5) is 24.9. The van der Waals surface area contributed by atoms with Gasteiger partial charge in [0.25, 0.3) is 5.91 Å². The van der Waals surface area contributed by atoms with Gasteiger partial charge in [0.15, 0.2) is 0 Å². The van der Waals surface area contributed by atoms with Crippen molar-refractivity contribution in [1.82, 2.24) is 9.62 Å². The highest BCUT2D eigenvalue weighted by Gasteiger charge is 2.35. The van der Waals surface area contributed by atoms with Gasteiger partial charge in [-0.1, -0.05) is 6.07 Å². The summed E-state index contributed by atoms with van der Waals surface area (Å²) >= 11 is 0. The average molecular weight is 355 g/mol. The second-order valence-corrected chi connectivity index (χ2v) is 7.55. The summed E-state index contributed by atoms with van der Waals surface area (Å²) in [7, 11) is -2.23. The molecule has 1 heterocycles. The molecule has 2 rings (SSSR count). The van der Waals surface area contributed by atoms with Crippen LogP contribution in [0, 0.1) is 0 Å². The Bertz CT molecular complexity index is 760. The highest BCUT2D eigenvalue weighted by Crippen LogP contribution is 2.31. The lowest BCUT2D eigenvalue weighted by Crippen LogP contribution is -2.33. The standard InChI is InChI=1S/C15H21N3O5S/c1-10(2)17(3)15(21)7-5-11-4-6-12(13(19)8-11)18-9-14(20)16-24(18,22)23/h4,6,8,10,19H,5,7,9H2,1-3H3,(H,16,20). The first-order chi connectivity index (χ1) is 11.1. The number of amides is 2. The molecule has 132 valence electrons. The van der Waals surface area contributed by atoms with E-state index in [0.29, 0.717) is 12.0 Å². The zero-order valence-corrected chi connectivity index (χ0v) is 14.6. The van der Waals surface area contributed by atoms with E-state index >= 15 is 0 Å². The number of carbonyl (C=O) groups excluding carboxylic acids is 2. The van der Waals surface area contributed by atoms with Crippen molar-refractivity contribution in [2.75, 3.05) is 17.9 Å². The number of rotatable bonds is 5. The maximum atomic E-state index is 12.0. The molecule has 1 aromatic carbocycles. The van der Waals surface area contributed by atoms with E-state index in [9.17, 15) is 23.1 Å². The minimum absolute atomic E-state index is 0.00881. The number of aryl methyl sites for hydroxylation is 1. The van der Waals surface area contributed by atoms with Crippen molar-refractivity contribution >= 4 is 27.7 Å². The van der Waals surface area contributed by atoms with Crippen molar-refractivity contribution in [3.8, 4) is 5.75 Å². The predicted octanol–water partition coefficient (Wildman–Crippen LogP) is 0.373. The van der Waals surface area contributed by atoms with Gasteiger partial charge < -0.3 is 10.0 Å². The van der Waals surface area contributed by atoms with Gasteiger partial charge >= 0.3 is 10.2 Å². The first-order valence-electron chi connectivity index (χ1n) is 7.52. The van der Waals surface area contributed by atoms with Gasteiger partial charge in [-0.25, -0.2) is 9.03 Å². The van der Waals surface area contributed by atoms with E-state index in [1.807, 2.05) is 18.6 Å². The van der Waals surface area contributed by atoms with Gasteiger partial charge in [0.2, 0.25) is 5.91 Å². The van der Waals surface area contributed by atoms with Gasteiger partial charge in [-0.3, -0.25) is 9.59 Å². The molecule has 1 saturated heterocycles. The second kappa shape index (κ2) is 6.68. The zero-order valence-electron chi connectivity index (χ0n) is 13.8. The van der Waals surface area contributed by atoms with E-state index in [1.54, 1.807) is 18.0 Å². The molecule has 0 aromatic heterocycles. The summed E-state index contributed by atoms with van der Waals surface area (Å²) in [6, 6.07) is 4.59. The molecule has 1 fully saturated rings. The SMILES string of the molecule is CC(C)N(C)C(=O)CCc1ccc(N2CC(=O)NS2(=O)=O)c(O)c1. The van der Waals surface area contributed by atoms with Crippen LogP contribution in [0.5, 0.6) is 5.75 Å². The molecule has 8 nitrogen and oxygen atoms in total. The molecule has 0 saturated carbocycles. The van der Waals surface area contributed by atoms with Crippen molar-refractivity contribution in [2.45, 2.75) is 32.7 Å². The number of nitrogens with one attached hydrogen (secondary N) is 1. The minimum Gasteiger partial charge on any atom is -0.506 e. The maximum absolute atomic E-state index is 12.0. The lowest BCUT2D eigenvalue weighted by Gasteiger charge is -2.21. The third-order valence-electron chi connectivity index (χ3n) is 3.92. The number of anilines is 1. The normalized spacial score (nSPS) is 16.3. The summed E-state index contributed by atoms with van der Waals surface area (Å²) in [6.45, 7) is 3.47. The van der Waals surface area contributed by atoms with Crippen LogP contribution in [0.15, 0.2) is 18.2 Å². The maximum Gasteiger partial charge on any atom is 0.326 e. The van der Waals surface area contributed by atoms with Gasteiger partial charge in [-0.15, -0.1) is 0 Å². The van der Waals surface area contributed by atoms with Gasteiger partial charge in [-0.2, -0.15) is 8.42 Å². The predicted molar refractivity (Wildman–Crippen MR) is 88.7 cm³/mol. The molecule has 1 aliphatic heterocycles. The molecule has 2 amide bonds. The highest BCUT2D eigenvalue weighted by molar-refractivity contribution is 7.92. The van der Waals surface area contributed by atoms with E-state index in [4.69, 9.17) is 0 Å². The third kappa shape index (κ3) is 3.78. The summed E-state index contributed by atoms with van der Waals surface area (Å²) < 4.78 is 26.2. The number of aromatic hydroxyl groups is 1. The van der Waals surface area contributed by atoms with Gasteiger partial charge in [0.05, 0.1) is 5.69 Å². The van der Waals surface area contributed by atoms with Crippen LogP contribution in [-0.4, -0.2) is 49.9 Å². The Balaban J connectivity index is 2.11. The largest absolute Gasteiger partial charge is 0.506 e. The topological polar surface area (TPSA) is 107 Å². The molecule has 0 aliphatic carbocycles. The van der Waals surface area contributed by atoms with Crippen LogP contribution in [-0.2, 0) is 26.2 Å². The molecule has 2 N–H and O–H groups in total. The molecular weight excluding hydrogens is 334 g/mol. The Hall–Kier alpha value is -2.29. The van der Waals surface area contributed by atoms with Crippen LogP contribution in [0.2, 0.25) is 0 Å². The molecule has 1 aliphatic rings. The number of benzene rings is 1. The van der Waals surface area contributed by atoms with Gasteiger partial charge in [0.1, 0.15) is 12.3 Å². The van der Waals surface area contributed by atoms with E-state index < -0.39 is 16.1 Å². The third-order valence-corrected chi connectivity index (χ3v) is 5.32. The number of hydrogen-bond acceptors (Lipinski definition) is 5.